The van der Waals surface area contributed by atoms with Crippen LogP contribution in [0.15, 0.2) is 46.8 Å². The third-order valence-electron chi connectivity index (χ3n) is 3.45. The quantitative estimate of drug-likeness (QED) is 0.716. The van der Waals surface area contributed by atoms with Crippen LogP contribution in [0.4, 0.5) is 11.4 Å². The van der Waals surface area contributed by atoms with Crippen LogP contribution in [0.5, 0.6) is 0 Å². The predicted molar refractivity (Wildman–Crippen MR) is 100 cm³/mol. The molecule has 118 valence electrons. The predicted octanol–water partition coefficient (Wildman–Crippen LogP) is 4.34. The fourth-order valence-corrected chi connectivity index (χ4v) is 3.71. The van der Waals surface area contributed by atoms with E-state index in [1.165, 1.54) is 0 Å². The lowest BCUT2D eigenvalue weighted by Crippen LogP contribution is -2.13. The van der Waals surface area contributed by atoms with Gasteiger partial charge in [-0.3, -0.25) is 4.79 Å². The number of anilines is 2. The van der Waals surface area contributed by atoms with E-state index in [0.717, 1.165) is 25.9 Å². The number of hydrogen-bond acceptors (Lipinski definition) is 5. The Bertz CT molecular complexity index is 841. The molecule has 0 radical (unpaired) electrons. The number of thiazole rings is 1. The molecule has 0 fully saturated rings. The van der Waals surface area contributed by atoms with Crippen molar-refractivity contribution < 1.29 is 4.79 Å². The number of carbonyl (C=O) groups is 1. The SMILES string of the molecule is CSc1nc2ccc(NC(=O)c3ccc(N(C)C)cc3)cc2s1. The Labute approximate surface area is 143 Å². The second kappa shape index (κ2) is 6.60. The largest absolute Gasteiger partial charge is 0.378 e. The molecule has 4 nitrogen and oxygen atoms in total. The van der Waals surface area contributed by atoms with Gasteiger partial charge in [0.05, 0.1) is 10.2 Å². The first-order chi connectivity index (χ1) is 11.1. The van der Waals surface area contributed by atoms with Gasteiger partial charge >= 0.3 is 0 Å². The Kier molecular flexibility index (Phi) is 4.54. The summed E-state index contributed by atoms with van der Waals surface area (Å²) >= 11 is 3.27. The summed E-state index contributed by atoms with van der Waals surface area (Å²) in [7, 11) is 3.95. The summed E-state index contributed by atoms with van der Waals surface area (Å²) in [5, 5.41) is 2.95. The van der Waals surface area contributed by atoms with Crippen molar-refractivity contribution in [2.75, 3.05) is 30.6 Å². The average molecular weight is 343 g/mol. The third kappa shape index (κ3) is 3.48. The van der Waals surface area contributed by atoms with Crippen LogP contribution in [0.25, 0.3) is 10.2 Å². The molecule has 3 rings (SSSR count). The van der Waals surface area contributed by atoms with E-state index in [1.54, 1.807) is 23.1 Å². The molecule has 1 heterocycles. The topological polar surface area (TPSA) is 45.2 Å². The van der Waals surface area contributed by atoms with E-state index in [0.29, 0.717) is 5.56 Å². The lowest BCUT2D eigenvalue weighted by Gasteiger charge is -2.12. The minimum atomic E-state index is -0.107. The van der Waals surface area contributed by atoms with Gasteiger partial charge in [0.1, 0.15) is 0 Å². The number of thioether (sulfide) groups is 1. The summed E-state index contributed by atoms with van der Waals surface area (Å²) in [6.07, 6.45) is 2.01. The van der Waals surface area contributed by atoms with Crippen LogP contribution in [0, 0.1) is 0 Å². The van der Waals surface area contributed by atoms with Gasteiger partial charge in [-0.05, 0) is 48.7 Å². The molecule has 23 heavy (non-hydrogen) atoms. The van der Waals surface area contributed by atoms with Gasteiger partial charge in [-0.25, -0.2) is 4.98 Å². The van der Waals surface area contributed by atoms with Crippen LogP contribution >= 0.6 is 23.1 Å². The lowest BCUT2D eigenvalue weighted by atomic mass is 10.2. The fourth-order valence-electron chi connectivity index (χ4n) is 2.18. The molecule has 0 saturated carbocycles. The molecule has 0 bridgehead atoms. The first kappa shape index (κ1) is 15.8. The van der Waals surface area contributed by atoms with Crippen molar-refractivity contribution >= 4 is 50.6 Å². The van der Waals surface area contributed by atoms with E-state index in [1.807, 2.05) is 67.7 Å². The van der Waals surface area contributed by atoms with Crippen LogP contribution in [-0.4, -0.2) is 31.2 Å². The first-order valence-electron chi connectivity index (χ1n) is 7.10. The van der Waals surface area contributed by atoms with Gasteiger partial charge in [-0.2, -0.15) is 0 Å². The molecule has 1 N–H and O–H groups in total. The number of fused-ring (bicyclic) bond motifs is 1. The van der Waals surface area contributed by atoms with Gasteiger partial charge in [-0.15, -0.1) is 11.3 Å². The van der Waals surface area contributed by atoms with E-state index in [4.69, 9.17) is 0 Å². The Morgan fingerprint density at radius 1 is 1.17 bits per heavy atom. The van der Waals surface area contributed by atoms with Gasteiger partial charge < -0.3 is 10.2 Å². The molecule has 0 aliphatic carbocycles. The normalized spacial score (nSPS) is 10.7. The van der Waals surface area contributed by atoms with Crippen molar-refractivity contribution in [1.82, 2.24) is 4.98 Å². The Hall–Kier alpha value is -2.05. The number of amides is 1. The van der Waals surface area contributed by atoms with E-state index >= 15 is 0 Å². The number of aromatic nitrogens is 1. The molecule has 0 atom stereocenters. The molecule has 0 aliphatic rings. The maximum Gasteiger partial charge on any atom is 0.255 e. The maximum absolute atomic E-state index is 12.4. The van der Waals surface area contributed by atoms with Crippen LogP contribution in [0.1, 0.15) is 10.4 Å². The highest BCUT2D eigenvalue weighted by Gasteiger charge is 2.09. The maximum atomic E-state index is 12.4. The third-order valence-corrected chi connectivity index (χ3v) is 5.45. The zero-order valence-electron chi connectivity index (χ0n) is 13.2. The lowest BCUT2D eigenvalue weighted by molar-refractivity contribution is 0.102. The smallest absolute Gasteiger partial charge is 0.255 e. The molecular weight excluding hydrogens is 326 g/mol. The van der Waals surface area contributed by atoms with Crippen molar-refractivity contribution in [1.29, 1.82) is 0 Å². The van der Waals surface area contributed by atoms with Crippen LogP contribution in [0.3, 0.4) is 0 Å². The highest BCUT2D eigenvalue weighted by molar-refractivity contribution is 8.00. The number of benzene rings is 2. The molecule has 1 amide bonds. The summed E-state index contributed by atoms with van der Waals surface area (Å²) in [5.41, 5.74) is 3.46. The molecule has 0 unspecified atom stereocenters. The zero-order chi connectivity index (χ0) is 16.4. The van der Waals surface area contributed by atoms with Crippen molar-refractivity contribution in [3.05, 3.63) is 48.0 Å². The van der Waals surface area contributed by atoms with E-state index in [2.05, 4.69) is 10.3 Å². The number of rotatable bonds is 4. The molecule has 0 saturated heterocycles. The number of nitrogens with zero attached hydrogens (tertiary/aromatic N) is 2. The molecule has 6 heteroatoms. The molecule has 0 spiro atoms. The summed E-state index contributed by atoms with van der Waals surface area (Å²) in [5.74, 6) is -0.107. The molecule has 0 aliphatic heterocycles. The summed E-state index contributed by atoms with van der Waals surface area (Å²) < 4.78 is 2.11. The molecule has 2 aromatic carbocycles. The van der Waals surface area contributed by atoms with E-state index < -0.39 is 0 Å². The second-order valence-corrected chi connectivity index (χ2v) is 7.35. The van der Waals surface area contributed by atoms with Crippen molar-refractivity contribution in [3.8, 4) is 0 Å². The molecular formula is C17H17N3OS2. The van der Waals surface area contributed by atoms with E-state index in [-0.39, 0.29) is 5.91 Å². The zero-order valence-corrected chi connectivity index (χ0v) is 14.8. The molecule has 1 aromatic heterocycles. The summed E-state index contributed by atoms with van der Waals surface area (Å²) in [4.78, 5) is 18.9. The van der Waals surface area contributed by atoms with Crippen molar-refractivity contribution in [3.63, 3.8) is 0 Å². The van der Waals surface area contributed by atoms with Gasteiger partial charge in [0.2, 0.25) is 0 Å². The standard InChI is InChI=1S/C17H17N3OS2/c1-20(2)13-7-4-11(5-8-13)16(21)18-12-6-9-14-15(10-12)23-17(19-14)22-3/h4-10H,1-3H3,(H,18,21). The summed E-state index contributed by atoms with van der Waals surface area (Å²) in [6, 6.07) is 13.3. The Morgan fingerprint density at radius 3 is 2.57 bits per heavy atom. The number of hydrogen-bond donors (Lipinski definition) is 1. The summed E-state index contributed by atoms with van der Waals surface area (Å²) in [6.45, 7) is 0. The Morgan fingerprint density at radius 2 is 1.91 bits per heavy atom. The van der Waals surface area contributed by atoms with Crippen LogP contribution in [-0.2, 0) is 0 Å². The number of nitrogens with one attached hydrogen (secondary N) is 1. The highest BCUT2D eigenvalue weighted by atomic mass is 32.2. The Balaban J connectivity index is 1.79. The number of carbonyl (C=O) groups excluding carboxylic acids is 1. The average Bonchev–Trinajstić information content (AvgIpc) is 2.97. The van der Waals surface area contributed by atoms with E-state index in [9.17, 15) is 4.79 Å². The van der Waals surface area contributed by atoms with Crippen LogP contribution < -0.4 is 10.2 Å². The first-order valence-corrected chi connectivity index (χ1v) is 9.14. The van der Waals surface area contributed by atoms with Crippen LogP contribution in [0.2, 0.25) is 0 Å². The second-order valence-electron chi connectivity index (χ2n) is 5.26. The minimum absolute atomic E-state index is 0.107. The van der Waals surface area contributed by atoms with Crippen molar-refractivity contribution in [2.45, 2.75) is 4.34 Å². The monoisotopic (exact) mass is 343 g/mol. The minimum Gasteiger partial charge on any atom is -0.378 e. The van der Waals surface area contributed by atoms with Gasteiger partial charge in [0, 0.05) is 31.0 Å². The fraction of sp³-hybridized carbons (Fsp3) is 0.176. The van der Waals surface area contributed by atoms with Gasteiger partial charge in [-0.1, -0.05) is 11.8 Å². The van der Waals surface area contributed by atoms with Gasteiger partial charge in [0.15, 0.2) is 4.34 Å². The highest BCUT2D eigenvalue weighted by Crippen LogP contribution is 2.30. The van der Waals surface area contributed by atoms with Gasteiger partial charge in [0.25, 0.3) is 5.91 Å². The molecule has 3 aromatic rings. The van der Waals surface area contributed by atoms with Crippen molar-refractivity contribution in [2.24, 2.45) is 0 Å².